The molecule has 0 aromatic heterocycles. The van der Waals surface area contributed by atoms with Crippen molar-refractivity contribution >= 4 is 41.5 Å². The third-order valence-corrected chi connectivity index (χ3v) is 2.62. The molecule has 0 amide bonds. The topological polar surface area (TPSA) is 43.4 Å². The van der Waals surface area contributed by atoms with Gasteiger partial charge in [-0.1, -0.05) is 23.2 Å². The molecule has 0 aliphatic carbocycles. The fourth-order valence-electron chi connectivity index (χ4n) is 1.15. The van der Waals surface area contributed by atoms with Crippen LogP contribution >= 0.6 is 23.2 Å². The molecule has 90 valence electrons. The van der Waals surface area contributed by atoms with Crippen LogP contribution in [0, 0.1) is 0 Å². The van der Waals surface area contributed by atoms with E-state index in [0.717, 1.165) is 0 Å². The molecule has 0 unspecified atom stereocenters. The summed E-state index contributed by atoms with van der Waals surface area (Å²) < 4.78 is 11.7. The van der Waals surface area contributed by atoms with Crippen molar-refractivity contribution in [3.05, 3.63) is 38.9 Å². The highest BCUT2D eigenvalue weighted by Crippen LogP contribution is 2.28. The molecule has 0 bridgehead atoms. The summed E-state index contributed by atoms with van der Waals surface area (Å²) in [6, 6.07) is 2.78. The highest BCUT2D eigenvalue weighted by molar-refractivity contribution is 6.37. The highest BCUT2D eigenvalue weighted by Gasteiger charge is 2.11. The molecule has 0 saturated heterocycles. The van der Waals surface area contributed by atoms with Gasteiger partial charge in [-0.05, 0) is 25.1 Å². The van der Waals surface area contributed by atoms with Crippen LogP contribution in [0.15, 0.2) is 17.7 Å². The third-order valence-electron chi connectivity index (χ3n) is 1.99. The molecule has 0 fully saturated rings. The van der Waals surface area contributed by atoms with Crippen molar-refractivity contribution in [1.29, 1.82) is 0 Å². The fraction of sp³-hybridized carbons (Fsp3) is 0.0909. The summed E-state index contributed by atoms with van der Waals surface area (Å²) in [7, 11) is 0. The van der Waals surface area contributed by atoms with Crippen molar-refractivity contribution in [2.24, 2.45) is 0 Å². The molecule has 1 rings (SSSR count). The van der Waals surface area contributed by atoms with Crippen LogP contribution in [0.4, 0.5) is 4.53 Å². The highest BCUT2D eigenvalue weighted by atomic mass is 35.5. The summed E-state index contributed by atoms with van der Waals surface area (Å²) in [4.78, 5) is 24.5. The molecule has 0 radical (unpaired) electrons. The molecular formula is C11H7Cl2FO3. The van der Waals surface area contributed by atoms with E-state index in [1.807, 2.05) is 0 Å². The van der Waals surface area contributed by atoms with Gasteiger partial charge < -0.3 is 0 Å². The largest absolute Gasteiger partial charge is 0.375 e. The Morgan fingerprint density at radius 2 is 1.88 bits per heavy atom. The number of hydrogen-bond donors (Lipinski definition) is 0. The quantitative estimate of drug-likeness (QED) is 0.625. The average Bonchev–Trinajstić information content (AvgIpc) is 2.31. The van der Waals surface area contributed by atoms with Gasteiger partial charge in [-0.15, -0.1) is 0 Å². The summed E-state index contributed by atoms with van der Waals surface area (Å²) >= 11 is 11.7. The number of halogens is 3. The number of carbonyl (C=O) groups excluding carboxylic acids is 2. The molecular weight excluding hydrogens is 270 g/mol. The second-order valence-corrected chi connectivity index (χ2v) is 4.02. The molecule has 0 aliphatic heterocycles. The van der Waals surface area contributed by atoms with Gasteiger partial charge >= 0.3 is 5.97 Å². The predicted octanol–water partition coefficient (Wildman–Crippen LogP) is 3.64. The van der Waals surface area contributed by atoms with E-state index >= 15 is 0 Å². The van der Waals surface area contributed by atoms with Crippen LogP contribution in [0.3, 0.4) is 0 Å². The minimum Gasteiger partial charge on any atom is -0.298 e. The molecule has 0 N–H and O–H groups in total. The lowest BCUT2D eigenvalue weighted by molar-refractivity contribution is -0.178. The van der Waals surface area contributed by atoms with E-state index in [9.17, 15) is 14.1 Å². The molecule has 1 aromatic carbocycles. The van der Waals surface area contributed by atoms with Crippen LogP contribution in [0.1, 0.15) is 22.8 Å². The van der Waals surface area contributed by atoms with Gasteiger partial charge in [0.1, 0.15) is 6.29 Å². The minimum atomic E-state index is -1.13. The van der Waals surface area contributed by atoms with Crippen molar-refractivity contribution < 1.29 is 19.1 Å². The van der Waals surface area contributed by atoms with Gasteiger partial charge in [0.15, 0.2) is 0 Å². The Morgan fingerprint density at radius 3 is 2.29 bits per heavy atom. The molecule has 6 heteroatoms. The summed E-state index contributed by atoms with van der Waals surface area (Å²) in [6.45, 7) is 1.35. The monoisotopic (exact) mass is 276 g/mol. The Hall–Kier alpha value is -1.39. The first kappa shape index (κ1) is 13.7. The van der Waals surface area contributed by atoms with Crippen LogP contribution < -0.4 is 0 Å². The summed E-state index contributed by atoms with van der Waals surface area (Å²) in [5.74, 6) is -1.13. The van der Waals surface area contributed by atoms with E-state index in [2.05, 4.69) is 4.94 Å². The maximum atomic E-state index is 11.7. The molecule has 0 saturated carbocycles. The lowest BCUT2D eigenvalue weighted by Crippen LogP contribution is -1.98. The van der Waals surface area contributed by atoms with Crippen LogP contribution in [-0.4, -0.2) is 12.3 Å². The van der Waals surface area contributed by atoms with Crippen molar-refractivity contribution in [3.63, 3.8) is 0 Å². The molecule has 17 heavy (non-hydrogen) atoms. The first-order valence-corrected chi connectivity index (χ1v) is 5.20. The standard InChI is InChI=1S/C11H7Cl2FO3/c1-6(11(16)17-14)2-8-9(12)3-7(5-15)4-10(8)13/h2-5H,1H3/b6-2+. The predicted molar refractivity (Wildman–Crippen MR) is 62.7 cm³/mol. The second kappa shape index (κ2) is 5.80. The van der Waals surface area contributed by atoms with Gasteiger partial charge in [-0.25, -0.2) is 9.74 Å². The Balaban J connectivity index is 3.24. The molecule has 0 aliphatic rings. The summed E-state index contributed by atoms with van der Waals surface area (Å²) in [5, 5.41) is 0.371. The Kier molecular flexibility index (Phi) is 4.66. The van der Waals surface area contributed by atoms with Gasteiger partial charge in [0.05, 0.1) is 10.0 Å². The second-order valence-electron chi connectivity index (χ2n) is 3.21. The van der Waals surface area contributed by atoms with Gasteiger partial charge in [0, 0.05) is 21.2 Å². The summed E-state index contributed by atoms with van der Waals surface area (Å²) in [6.07, 6.45) is 1.87. The first-order valence-electron chi connectivity index (χ1n) is 4.45. The molecule has 3 nitrogen and oxygen atoms in total. The molecule has 0 spiro atoms. The maximum Gasteiger partial charge on any atom is 0.375 e. The van der Waals surface area contributed by atoms with Crippen LogP contribution in [0.5, 0.6) is 0 Å². The smallest absolute Gasteiger partial charge is 0.298 e. The normalized spacial score (nSPS) is 11.2. The van der Waals surface area contributed by atoms with Gasteiger partial charge in [-0.3, -0.25) is 4.79 Å². The van der Waals surface area contributed by atoms with Crippen molar-refractivity contribution in [2.45, 2.75) is 6.92 Å². The maximum absolute atomic E-state index is 11.7. The van der Waals surface area contributed by atoms with E-state index in [4.69, 9.17) is 23.2 Å². The number of benzene rings is 1. The first-order chi connectivity index (χ1) is 7.99. The van der Waals surface area contributed by atoms with Gasteiger partial charge in [0.25, 0.3) is 0 Å². The SMILES string of the molecule is C/C(=C\c1c(Cl)cc(C=O)cc1Cl)C(=O)OF. The van der Waals surface area contributed by atoms with Gasteiger partial charge in [-0.2, -0.15) is 0 Å². The molecule has 1 aromatic rings. The average molecular weight is 277 g/mol. The number of aldehydes is 1. The van der Waals surface area contributed by atoms with Gasteiger partial charge in [0.2, 0.25) is 0 Å². The fourth-order valence-corrected chi connectivity index (χ4v) is 1.76. The van der Waals surface area contributed by atoms with E-state index in [-0.39, 0.29) is 15.6 Å². The van der Waals surface area contributed by atoms with Crippen LogP contribution in [0.25, 0.3) is 6.08 Å². The van der Waals surface area contributed by atoms with Crippen molar-refractivity contribution in [1.82, 2.24) is 0 Å². The Bertz CT molecular complexity index is 474. The number of rotatable bonds is 3. The van der Waals surface area contributed by atoms with E-state index in [1.165, 1.54) is 25.1 Å². The van der Waals surface area contributed by atoms with Crippen molar-refractivity contribution in [3.8, 4) is 0 Å². The molecule has 0 atom stereocenters. The third kappa shape index (κ3) is 3.28. The minimum absolute atomic E-state index is 0.00449. The zero-order chi connectivity index (χ0) is 13.0. The van der Waals surface area contributed by atoms with Crippen molar-refractivity contribution in [2.75, 3.05) is 0 Å². The zero-order valence-corrected chi connectivity index (χ0v) is 10.2. The Labute approximate surface area is 107 Å². The van der Waals surface area contributed by atoms with E-state index < -0.39 is 5.97 Å². The lowest BCUT2D eigenvalue weighted by Gasteiger charge is -2.04. The van der Waals surface area contributed by atoms with E-state index in [1.54, 1.807) is 0 Å². The number of hydrogen-bond acceptors (Lipinski definition) is 3. The summed E-state index contributed by atoms with van der Waals surface area (Å²) in [5.41, 5.74) is 0.625. The van der Waals surface area contributed by atoms with E-state index in [0.29, 0.717) is 17.4 Å². The molecule has 0 heterocycles. The Morgan fingerprint density at radius 1 is 1.35 bits per heavy atom. The zero-order valence-electron chi connectivity index (χ0n) is 8.67. The van der Waals surface area contributed by atoms with Crippen LogP contribution in [0.2, 0.25) is 10.0 Å². The van der Waals surface area contributed by atoms with Crippen LogP contribution in [-0.2, 0) is 9.74 Å². The lowest BCUT2D eigenvalue weighted by atomic mass is 10.1. The number of carbonyl (C=O) groups is 2.